The van der Waals surface area contributed by atoms with E-state index in [4.69, 9.17) is 9.47 Å². The van der Waals surface area contributed by atoms with Crippen LogP contribution in [0.25, 0.3) is 0 Å². The first kappa shape index (κ1) is 20.1. The Balaban J connectivity index is 2.05. The fraction of sp³-hybridized carbons (Fsp3) is 0.471. The van der Waals surface area contributed by atoms with Crippen LogP contribution in [-0.4, -0.2) is 45.8 Å². The van der Waals surface area contributed by atoms with Gasteiger partial charge >= 0.3 is 0 Å². The quantitative estimate of drug-likeness (QED) is 0.678. The number of hydrogen-bond acceptors (Lipinski definition) is 7. The standard InChI is InChI=1S/C17H24N4O4S/c1-6-21-15(17(2,3)23)19-20-16(21)26-10-14(22)18-12-8-7-11(24-4)9-13(12)25-5/h7-9,23H,6,10H2,1-5H3,(H,18,22). The molecule has 0 saturated carbocycles. The molecule has 2 rings (SSSR count). The minimum Gasteiger partial charge on any atom is -0.497 e. The highest BCUT2D eigenvalue weighted by Crippen LogP contribution is 2.29. The van der Waals surface area contributed by atoms with Gasteiger partial charge in [0, 0.05) is 12.6 Å². The van der Waals surface area contributed by atoms with E-state index in [2.05, 4.69) is 15.5 Å². The molecule has 2 aromatic rings. The minimum atomic E-state index is -1.10. The maximum absolute atomic E-state index is 12.3. The second kappa shape index (κ2) is 8.41. The molecule has 142 valence electrons. The van der Waals surface area contributed by atoms with Gasteiger partial charge < -0.3 is 24.5 Å². The first-order valence-corrected chi connectivity index (χ1v) is 9.09. The van der Waals surface area contributed by atoms with Crippen molar-refractivity contribution in [1.29, 1.82) is 0 Å². The van der Waals surface area contributed by atoms with Gasteiger partial charge in [-0.25, -0.2) is 0 Å². The van der Waals surface area contributed by atoms with Crippen LogP contribution in [0.5, 0.6) is 11.5 Å². The molecule has 1 aromatic carbocycles. The van der Waals surface area contributed by atoms with E-state index in [-0.39, 0.29) is 11.7 Å². The van der Waals surface area contributed by atoms with Crippen LogP contribution in [-0.2, 0) is 16.9 Å². The summed E-state index contributed by atoms with van der Waals surface area (Å²) < 4.78 is 12.2. The summed E-state index contributed by atoms with van der Waals surface area (Å²) in [5.74, 6) is 1.58. The second-order valence-electron chi connectivity index (χ2n) is 6.01. The Bertz CT molecular complexity index is 771. The number of nitrogens with zero attached hydrogens (tertiary/aromatic N) is 3. The molecule has 2 N–H and O–H groups in total. The fourth-order valence-electron chi connectivity index (χ4n) is 2.35. The van der Waals surface area contributed by atoms with Crippen LogP contribution in [0.1, 0.15) is 26.6 Å². The van der Waals surface area contributed by atoms with Crippen molar-refractivity contribution in [2.75, 3.05) is 25.3 Å². The molecule has 1 aromatic heterocycles. The van der Waals surface area contributed by atoms with Gasteiger partial charge in [0.25, 0.3) is 0 Å². The Labute approximate surface area is 156 Å². The Morgan fingerprint density at radius 1 is 1.31 bits per heavy atom. The molecule has 0 unspecified atom stereocenters. The SMILES string of the molecule is CCn1c(SCC(=O)Nc2ccc(OC)cc2OC)nnc1C(C)(C)O. The number of benzene rings is 1. The van der Waals surface area contributed by atoms with Crippen molar-refractivity contribution in [1.82, 2.24) is 14.8 Å². The molecule has 0 radical (unpaired) electrons. The van der Waals surface area contributed by atoms with Crippen molar-refractivity contribution in [3.63, 3.8) is 0 Å². The van der Waals surface area contributed by atoms with E-state index in [0.29, 0.717) is 34.7 Å². The molecule has 0 aliphatic heterocycles. The first-order valence-electron chi connectivity index (χ1n) is 8.10. The lowest BCUT2D eigenvalue weighted by atomic mass is 10.1. The van der Waals surface area contributed by atoms with Crippen molar-refractivity contribution in [2.24, 2.45) is 0 Å². The van der Waals surface area contributed by atoms with Gasteiger partial charge in [-0.1, -0.05) is 11.8 Å². The van der Waals surface area contributed by atoms with Gasteiger partial charge in [0.15, 0.2) is 11.0 Å². The molecule has 0 aliphatic rings. The normalized spacial score (nSPS) is 11.3. The fourth-order valence-corrected chi connectivity index (χ4v) is 3.15. The maximum atomic E-state index is 12.3. The van der Waals surface area contributed by atoms with Gasteiger partial charge in [-0.2, -0.15) is 0 Å². The van der Waals surface area contributed by atoms with Gasteiger partial charge in [-0.15, -0.1) is 10.2 Å². The number of ether oxygens (including phenoxy) is 2. The number of hydrogen-bond donors (Lipinski definition) is 2. The number of amides is 1. The van der Waals surface area contributed by atoms with E-state index in [1.54, 1.807) is 43.7 Å². The summed E-state index contributed by atoms with van der Waals surface area (Å²) in [6, 6.07) is 5.17. The van der Waals surface area contributed by atoms with Crippen LogP contribution >= 0.6 is 11.8 Å². The summed E-state index contributed by atoms with van der Waals surface area (Å²) in [4.78, 5) is 12.3. The number of methoxy groups -OCH3 is 2. The third kappa shape index (κ3) is 4.67. The van der Waals surface area contributed by atoms with Crippen LogP contribution < -0.4 is 14.8 Å². The highest BCUT2D eigenvalue weighted by atomic mass is 32.2. The molecule has 1 heterocycles. The van der Waals surface area contributed by atoms with E-state index in [9.17, 15) is 9.90 Å². The number of carbonyl (C=O) groups is 1. The van der Waals surface area contributed by atoms with Crippen molar-refractivity contribution in [3.05, 3.63) is 24.0 Å². The number of aliphatic hydroxyl groups is 1. The third-order valence-corrected chi connectivity index (χ3v) is 4.56. The van der Waals surface area contributed by atoms with Crippen LogP contribution in [0, 0.1) is 0 Å². The van der Waals surface area contributed by atoms with Crippen molar-refractivity contribution >= 4 is 23.4 Å². The number of thioether (sulfide) groups is 1. The lowest BCUT2D eigenvalue weighted by molar-refractivity contribution is -0.113. The summed E-state index contributed by atoms with van der Waals surface area (Å²) in [5, 5.41) is 21.7. The van der Waals surface area contributed by atoms with E-state index < -0.39 is 5.60 Å². The molecule has 0 atom stereocenters. The molecule has 8 nitrogen and oxygen atoms in total. The van der Waals surface area contributed by atoms with E-state index in [0.717, 1.165) is 0 Å². The number of nitrogens with one attached hydrogen (secondary N) is 1. The van der Waals surface area contributed by atoms with Gasteiger partial charge in [0.2, 0.25) is 5.91 Å². The zero-order valence-corrected chi connectivity index (χ0v) is 16.4. The summed E-state index contributed by atoms with van der Waals surface area (Å²) in [6.45, 7) is 5.84. The van der Waals surface area contributed by atoms with Crippen LogP contribution in [0.4, 0.5) is 5.69 Å². The Morgan fingerprint density at radius 2 is 2.04 bits per heavy atom. The molecule has 9 heteroatoms. The average Bonchev–Trinajstić information content (AvgIpc) is 3.03. The molecule has 0 aliphatic carbocycles. The van der Waals surface area contributed by atoms with E-state index in [1.165, 1.54) is 18.9 Å². The molecule has 0 spiro atoms. The summed E-state index contributed by atoms with van der Waals surface area (Å²) in [7, 11) is 3.09. The molecular formula is C17H24N4O4S. The molecular weight excluding hydrogens is 356 g/mol. The van der Waals surface area contributed by atoms with Gasteiger partial charge in [0.1, 0.15) is 17.1 Å². The van der Waals surface area contributed by atoms with Crippen LogP contribution in [0.3, 0.4) is 0 Å². The zero-order valence-electron chi connectivity index (χ0n) is 15.6. The van der Waals surface area contributed by atoms with Crippen molar-refractivity contribution < 1.29 is 19.4 Å². The monoisotopic (exact) mass is 380 g/mol. The summed E-state index contributed by atoms with van der Waals surface area (Å²) in [5.41, 5.74) is -0.534. The largest absolute Gasteiger partial charge is 0.497 e. The predicted molar refractivity (Wildman–Crippen MR) is 99.8 cm³/mol. The minimum absolute atomic E-state index is 0.152. The first-order chi connectivity index (χ1) is 12.3. The topological polar surface area (TPSA) is 98.5 Å². The van der Waals surface area contributed by atoms with Crippen molar-refractivity contribution in [3.8, 4) is 11.5 Å². The number of aromatic nitrogens is 3. The molecule has 1 amide bonds. The van der Waals surface area contributed by atoms with E-state index >= 15 is 0 Å². The van der Waals surface area contributed by atoms with Crippen LogP contribution in [0.2, 0.25) is 0 Å². The lowest BCUT2D eigenvalue weighted by Gasteiger charge is -2.17. The summed E-state index contributed by atoms with van der Waals surface area (Å²) >= 11 is 1.26. The Kier molecular flexibility index (Phi) is 6.49. The Hall–Kier alpha value is -2.26. The third-order valence-electron chi connectivity index (χ3n) is 3.60. The van der Waals surface area contributed by atoms with Crippen LogP contribution in [0.15, 0.2) is 23.4 Å². The highest BCUT2D eigenvalue weighted by molar-refractivity contribution is 7.99. The summed E-state index contributed by atoms with van der Waals surface area (Å²) in [6.07, 6.45) is 0. The predicted octanol–water partition coefficient (Wildman–Crippen LogP) is 2.27. The molecule has 0 fully saturated rings. The van der Waals surface area contributed by atoms with Gasteiger partial charge in [0.05, 0.1) is 25.7 Å². The smallest absolute Gasteiger partial charge is 0.234 e. The second-order valence-corrected chi connectivity index (χ2v) is 6.96. The average molecular weight is 380 g/mol. The Morgan fingerprint density at radius 3 is 2.62 bits per heavy atom. The number of carbonyl (C=O) groups excluding carboxylic acids is 1. The zero-order chi connectivity index (χ0) is 19.3. The van der Waals surface area contributed by atoms with E-state index in [1.807, 2.05) is 6.92 Å². The number of anilines is 1. The molecule has 26 heavy (non-hydrogen) atoms. The molecule has 0 bridgehead atoms. The van der Waals surface area contributed by atoms with Crippen molar-refractivity contribution in [2.45, 2.75) is 38.1 Å². The lowest BCUT2D eigenvalue weighted by Crippen LogP contribution is -2.22. The van der Waals surface area contributed by atoms with Gasteiger partial charge in [-0.05, 0) is 32.9 Å². The highest BCUT2D eigenvalue weighted by Gasteiger charge is 2.25. The number of rotatable bonds is 8. The van der Waals surface area contributed by atoms with Gasteiger partial charge in [-0.3, -0.25) is 4.79 Å². The maximum Gasteiger partial charge on any atom is 0.234 e. The molecule has 0 saturated heterocycles.